The molecule has 0 spiro atoms. The second kappa shape index (κ2) is 6.08. The Bertz CT molecular complexity index is 759. The lowest BCUT2D eigenvalue weighted by atomic mass is 10.1. The van der Waals surface area contributed by atoms with Crippen molar-refractivity contribution in [1.29, 1.82) is 0 Å². The summed E-state index contributed by atoms with van der Waals surface area (Å²) >= 11 is 0. The lowest BCUT2D eigenvalue weighted by Crippen LogP contribution is -2.48. The molecular formula is C17H15FN2O3. The van der Waals surface area contributed by atoms with Crippen molar-refractivity contribution in [2.75, 3.05) is 5.32 Å². The van der Waals surface area contributed by atoms with E-state index in [4.69, 9.17) is 4.74 Å². The molecule has 0 bridgehead atoms. The molecule has 0 radical (unpaired) electrons. The van der Waals surface area contributed by atoms with Gasteiger partial charge in [-0.1, -0.05) is 18.2 Å². The Morgan fingerprint density at radius 3 is 2.74 bits per heavy atom. The van der Waals surface area contributed by atoms with Crippen molar-refractivity contribution in [2.24, 2.45) is 0 Å². The normalized spacial score (nSPS) is 16.1. The Labute approximate surface area is 132 Å². The van der Waals surface area contributed by atoms with E-state index in [9.17, 15) is 14.0 Å². The predicted octanol–water partition coefficient (Wildman–Crippen LogP) is 2.15. The van der Waals surface area contributed by atoms with Crippen LogP contribution in [0.1, 0.15) is 11.1 Å². The van der Waals surface area contributed by atoms with Gasteiger partial charge in [0.05, 0.1) is 5.69 Å². The van der Waals surface area contributed by atoms with Crippen LogP contribution in [0.3, 0.4) is 0 Å². The highest BCUT2D eigenvalue weighted by atomic mass is 19.1. The number of halogens is 1. The molecule has 1 heterocycles. The van der Waals surface area contributed by atoms with Crippen molar-refractivity contribution in [1.82, 2.24) is 5.32 Å². The van der Waals surface area contributed by atoms with Crippen LogP contribution in [0.2, 0.25) is 0 Å². The van der Waals surface area contributed by atoms with Crippen LogP contribution in [0.4, 0.5) is 10.1 Å². The fourth-order valence-electron chi connectivity index (χ4n) is 2.28. The first-order valence-electron chi connectivity index (χ1n) is 7.13. The second-order valence-electron chi connectivity index (χ2n) is 5.33. The van der Waals surface area contributed by atoms with Crippen LogP contribution in [0.15, 0.2) is 42.5 Å². The van der Waals surface area contributed by atoms with Crippen molar-refractivity contribution in [2.45, 2.75) is 19.6 Å². The molecule has 0 fully saturated rings. The molecule has 0 saturated heterocycles. The standard InChI is InChI=1S/C17H15FN2O3/c1-10-2-7-14-13(8-10)20-17(22)15(23-14)16(21)19-9-11-3-5-12(18)6-4-11/h2-8,15H,9H2,1H3,(H,19,21)(H,20,22)/t15-/m0/s1. The Morgan fingerprint density at radius 2 is 2.00 bits per heavy atom. The quantitative estimate of drug-likeness (QED) is 0.853. The zero-order chi connectivity index (χ0) is 16.4. The first kappa shape index (κ1) is 15.0. The fraction of sp³-hybridized carbons (Fsp3) is 0.176. The average molecular weight is 314 g/mol. The number of anilines is 1. The molecule has 118 valence electrons. The van der Waals surface area contributed by atoms with Crippen molar-refractivity contribution in [3.05, 3.63) is 59.4 Å². The zero-order valence-corrected chi connectivity index (χ0v) is 12.4. The van der Waals surface area contributed by atoms with E-state index >= 15 is 0 Å². The molecule has 1 aliphatic rings. The first-order valence-corrected chi connectivity index (χ1v) is 7.13. The summed E-state index contributed by atoms with van der Waals surface area (Å²) in [6, 6.07) is 11.1. The third-order valence-corrected chi connectivity index (χ3v) is 3.49. The van der Waals surface area contributed by atoms with Gasteiger partial charge in [0.15, 0.2) is 0 Å². The van der Waals surface area contributed by atoms with E-state index < -0.39 is 17.9 Å². The van der Waals surface area contributed by atoms with Crippen LogP contribution < -0.4 is 15.4 Å². The van der Waals surface area contributed by atoms with Crippen molar-refractivity contribution in [3.8, 4) is 5.75 Å². The molecule has 0 unspecified atom stereocenters. The van der Waals surface area contributed by atoms with Gasteiger partial charge in [0.2, 0.25) is 0 Å². The van der Waals surface area contributed by atoms with Gasteiger partial charge >= 0.3 is 0 Å². The molecule has 2 aromatic rings. The van der Waals surface area contributed by atoms with Crippen molar-refractivity contribution in [3.63, 3.8) is 0 Å². The van der Waals surface area contributed by atoms with Gasteiger partial charge < -0.3 is 15.4 Å². The second-order valence-corrected chi connectivity index (χ2v) is 5.33. The number of ether oxygens (including phenoxy) is 1. The maximum atomic E-state index is 12.8. The number of amides is 2. The number of carbonyl (C=O) groups excluding carboxylic acids is 2. The Balaban J connectivity index is 1.66. The Morgan fingerprint density at radius 1 is 1.26 bits per heavy atom. The highest BCUT2D eigenvalue weighted by Crippen LogP contribution is 2.30. The van der Waals surface area contributed by atoms with Crippen LogP contribution in [-0.2, 0) is 16.1 Å². The molecule has 5 nitrogen and oxygen atoms in total. The third kappa shape index (κ3) is 3.31. The molecule has 1 aliphatic heterocycles. The SMILES string of the molecule is Cc1ccc2c(c1)NC(=O)[C@H](C(=O)NCc1ccc(F)cc1)O2. The minimum atomic E-state index is -1.24. The van der Waals surface area contributed by atoms with Gasteiger partial charge in [-0.25, -0.2) is 4.39 Å². The number of hydrogen-bond donors (Lipinski definition) is 2. The fourth-order valence-corrected chi connectivity index (χ4v) is 2.28. The molecule has 0 saturated carbocycles. The number of rotatable bonds is 3. The third-order valence-electron chi connectivity index (χ3n) is 3.49. The Kier molecular flexibility index (Phi) is 3.97. The van der Waals surface area contributed by atoms with E-state index in [2.05, 4.69) is 10.6 Å². The van der Waals surface area contributed by atoms with Crippen molar-refractivity contribution < 1.29 is 18.7 Å². The summed E-state index contributed by atoms with van der Waals surface area (Å²) in [5, 5.41) is 5.28. The summed E-state index contributed by atoms with van der Waals surface area (Å²) in [5.41, 5.74) is 2.26. The van der Waals surface area contributed by atoms with Crippen LogP contribution in [0.5, 0.6) is 5.75 Å². The van der Waals surface area contributed by atoms with Crippen LogP contribution >= 0.6 is 0 Å². The number of benzene rings is 2. The highest BCUT2D eigenvalue weighted by Gasteiger charge is 2.33. The number of nitrogens with one attached hydrogen (secondary N) is 2. The molecule has 1 atom stereocenters. The van der Waals surface area contributed by atoms with E-state index in [0.717, 1.165) is 11.1 Å². The molecule has 6 heteroatoms. The van der Waals surface area contributed by atoms with E-state index in [1.54, 1.807) is 24.3 Å². The predicted molar refractivity (Wildman–Crippen MR) is 82.5 cm³/mol. The van der Waals surface area contributed by atoms with Gasteiger partial charge in [0.1, 0.15) is 11.6 Å². The lowest BCUT2D eigenvalue weighted by molar-refractivity contribution is -0.137. The maximum absolute atomic E-state index is 12.8. The molecule has 2 aromatic carbocycles. The minimum absolute atomic E-state index is 0.188. The number of carbonyl (C=O) groups is 2. The van der Waals surface area contributed by atoms with E-state index in [-0.39, 0.29) is 12.4 Å². The summed E-state index contributed by atoms with van der Waals surface area (Å²) in [4.78, 5) is 24.2. The van der Waals surface area contributed by atoms with E-state index in [1.807, 2.05) is 13.0 Å². The summed E-state index contributed by atoms with van der Waals surface area (Å²) in [5.74, 6) is -0.947. The summed E-state index contributed by atoms with van der Waals surface area (Å²) in [7, 11) is 0. The van der Waals surface area contributed by atoms with Gasteiger partial charge in [-0.2, -0.15) is 0 Å². The molecule has 2 amide bonds. The van der Waals surface area contributed by atoms with Gasteiger partial charge in [-0.15, -0.1) is 0 Å². The molecule has 2 N–H and O–H groups in total. The molecular weight excluding hydrogens is 299 g/mol. The van der Waals surface area contributed by atoms with Gasteiger partial charge in [0.25, 0.3) is 17.9 Å². The van der Waals surface area contributed by atoms with Gasteiger partial charge in [-0.05, 0) is 42.3 Å². The van der Waals surface area contributed by atoms with Crippen LogP contribution in [0.25, 0.3) is 0 Å². The molecule has 0 aromatic heterocycles. The van der Waals surface area contributed by atoms with E-state index in [0.29, 0.717) is 11.4 Å². The largest absolute Gasteiger partial charge is 0.468 e. The van der Waals surface area contributed by atoms with Crippen molar-refractivity contribution >= 4 is 17.5 Å². The number of fused-ring (bicyclic) bond motifs is 1. The summed E-state index contributed by atoms with van der Waals surface area (Å²) < 4.78 is 18.3. The molecule has 3 rings (SSSR count). The lowest BCUT2D eigenvalue weighted by Gasteiger charge is -2.25. The monoisotopic (exact) mass is 314 g/mol. The Hall–Kier alpha value is -2.89. The summed E-state index contributed by atoms with van der Waals surface area (Å²) in [6.07, 6.45) is -1.24. The van der Waals surface area contributed by atoms with Crippen LogP contribution in [-0.4, -0.2) is 17.9 Å². The smallest absolute Gasteiger partial charge is 0.275 e. The number of hydrogen-bond acceptors (Lipinski definition) is 3. The molecule has 23 heavy (non-hydrogen) atoms. The number of aryl methyl sites for hydroxylation is 1. The molecule has 0 aliphatic carbocycles. The van der Waals surface area contributed by atoms with Gasteiger partial charge in [-0.3, -0.25) is 9.59 Å². The minimum Gasteiger partial charge on any atom is -0.468 e. The van der Waals surface area contributed by atoms with E-state index in [1.165, 1.54) is 12.1 Å². The average Bonchev–Trinajstić information content (AvgIpc) is 2.53. The highest BCUT2D eigenvalue weighted by molar-refractivity contribution is 6.11. The maximum Gasteiger partial charge on any atom is 0.275 e. The summed E-state index contributed by atoms with van der Waals surface area (Å²) in [6.45, 7) is 2.08. The first-order chi connectivity index (χ1) is 11.0. The van der Waals surface area contributed by atoms with Gasteiger partial charge in [0, 0.05) is 6.54 Å². The topological polar surface area (TPSA) is 67.4 Å². The van der Waals surface area contributed by atoms with Crippen LogP contribution in [0, 0.1) is 12.7 Å². The zero-order valence-electron chi connectivity index (χ0n) is 12.4.